The van der Waals surface area contributed by atoms with Crippen molar-refractivity contribution in [3.05, 3.63) is 93.6 Å². The number of thioether (sulfide) groups is 4. The molecule has 0 N–H and O–H groups in total. The summed E-state index contributed by atoms with van der Waals surface area (Å²) in [4.78, 5) is 17.1. The van der Waals surface area contributed by atoms with E-state index in [0.717, 1.165) is 31.6 Å². The highest BCUT2D eigenvalue weighted by Gasteiger charge is 2.26. The number of aryl methyl sites for hydroxylation is 1. The Labute approximate surface area is 277 Å². The van der Waals surface area contributed by atoms with Crippen LogP contribution in [0.2, 0.25) is 0 Å². The van der Waals surface area contributed by atoms with Gasteiger partial charge in [-0.25, -0.2) is 0 Å². The number of hydrogen-bond acceptors (Lipinski definition) is 7. The van der Waals surface area contributed by atoms with E-state index < -0.39 is 0 Å². The minimum Gasteiger partial charge on any atom is -0.378 e. The van der Waals surface area contributed by atoms with Crippen LogP contribution in [0.3, 0.4) is 0 Å². The molecule has 0 aromatic heterocycles. The van der Waals surface area contributed by atoms with Crippen LogP contribution in [0.1, 0.15) is 41.7 Å². The Balaban J connectivity index is 1.54. The predicted octanol–water partition coefficient (Wildman–Crippen LogP) is 8.26. The molecule has 0 fully saturated rings. The molecule has 4 rings (SSSR count). The van der Waals surface area contributed by atoms with Gasteiger partial charge >= 0.3 is 0 Å². The Kier molecular flexibility index (Phi) is 14.3. The van der Waals surface area contributed by atoms with Crippen LogP contribution in [0.4, 0.5) is 5.69 Å². The Bertz CT molecular complexity index is 1310. The number of carbonyl (C=O) groups is 1. The van der Waals surface area contributed by atoms with Crippen molar-refractivity contribution >= 4 is 64.1 Å². The molecule has 3 nitrogen and oxygen atoms in total. The maximum atomic E-state index is 12.3. The van der Waals surface area contributed by atoms with Gasteiger partial charge in [-0.15, -0.1) is 0 Å². The number of ketones is 1. The number of anilines is 1. The first kappa shape index (κ1) is 34.4. The molecule has 0 saturated heterocycles. The third kappa shape index (κ3) is 9.99. The molecule has 0 aliphatic heterocycles. The van der Waals surface area contributed by atoms with Gasteiger partial charge in [-0.2, -0.15) is 47.0 Å². The first-order valence-electron chi connectivity index (χ1n) is 15.5. The zero-order chi connectivity index (χ0) is 30.6. The van der Waals surface area contributed by atoms with E-state index in [-0.39, 0.29) is 5.78 Å². The van der Waals surface area contributed by atoms with E-state index in [4.69, 9.17) is 0 Å². The molecule has 0 radical (unpaired) electrons. The quantitative estimate of drug-likeness (QED) is 0.150. The molecular weight excluding hydrogens is 605 g/mol. The van der Waals surface area contributed by atoms with Crippen molar-refractivity contribution in [2.24, 2.45) is 0 Å². The molecule has 2 aliphatic carbocycles. The molecule has 0 unspecified atom stereocenters. The lowest BCUT2D eigenvalue weighted by Crippen LogP contribution is -2.28. The van der Waals surface area contributed by atoms with Crippen LogP contribution in [-0.4, -0.2) is 83.9 Å². The van der Waals surface area contributed by atoms with Crippen LogP contribution in [0, 0.1) is 6.92 Å². The van der Waals surface area contributed by atoms with Gasteiger partial charge in [0.25, 0.3) is 0 Å². The van der Waals surface area contributed by atoms with E-state index in [1.54, 1.807) is 6.08 Å². The van der Waals surface area contributed by atoms with Gasteiger partial charge in [-0.3, -0.25) is 9.69 Å². The molecule has 0 heterocycles. The number of allylic oxidation sites excluding steroid dienone is 5. The first-order valence-corrected chi connectivity index (χ1v) is 20.1. The molecule has 232 valence electrons. The highest BCUT2D eigenvalue weighted by molar-refractivity contribution is 8.03. The molecule has 0 bridgehead atoms. The molecule has 7 heteroatoms. The Morgan fingerprint density at radius 2 is 1.42 bits per heavy atom. The molecule has 2 aliphatic rings. The van der Waals surface area contributed by atoms with Crippen molar-refractivity contribution in [2.75, 3.05) is 78.1 Å². The highest BCUT2D eigenvalue weighted by atomic mass is 32.2. The van der Waals surface area contributed by atoms with Gasteiger partial charge in [0.1, 0.15) is 0 Å². The Morgan fingerprint density at radius 1 is 0.767 bits per heavy atom. The van der Waals surface area contributed by atoms with Crippen LogP contribution in [0.25, 0.3) is 5.57 Å². The minimum atomic E-state index is 0.0852. The Morgan fingerprint density at radius 3 is 2.05 bits per heavy atom. The standard InChI is InChI=1S/C36H48N2OS4/c1-6-40-18-20-42-16-14-38(15-17-43-21-19-41-7-2)26-28-8-11-33(27(3)22-28)36-34-12-9-31(37(4)5)24-29(34)23-30-25-32(39)10-13-35(30)36/h8-13,22,24-25H,6-7,14-21,23,26H2,1-5H3. The SMILES string of the molecule is CCSCCSCCN(CCSCCSCC)Cc1ccc(C2=C3C=CC(=O)C=C3Cc3cc(N(C)C)ccc32)c(C)c1. The van der Waals surface area contributed by atoms with Gasteiger partial charge in [0.05, 0.1) is 0 Å². The highest BCUT2D eigenvalue weighted by Crippen LogP contribution is 2.42. The van der Waals surface area contributed by atoms with Gasteiger partial charge in [0, 0.05) is 73.9 Å². The van der Waals surface area contributed by atoms with Crippen LogP contribution >= 0.6 is 47.0 Å². The molecule has 0 saturated carbocycles. The van der Waals surface area contributed by atoms with Crippen molar-refractivity contribution in [3.8, 4) is 0 Å². The van der Waals surface area contributed by atoms with E-state index in [1.807, 2.05) is 35.7 Å². The minimum absolute atomic E-state index is 0.0852. The molecule has 0 atom stereocenters. The van der Waals surface area contributed by atoms with Crippen molar-refractivity contribution in [1.29, 1.82) is 0 Å². The fraction of sp³-hybridized carbons (Fsp3) is 0.472. The van der Waals surface area contributed by atoms with Crippen molar-refractivity contribution < 1.29 is 4.79 Å². The normalized spacial score (nSPS) is 14.3. The largest absolute Gasteiger partial charge is 0.378 e. The zero-order valence-corrected chi connectivity index (χ0v) is 29.9. The van der Waals surface area contributed by atoms with Crippen LogP contribution in [-0.2, 0) is 17.8 Å². The summed E-state index contributed by atoms with van der Waals surface area (Å²) in [6, 6.07) is 13.8. The summed E-state index contributed by atoms with van der Waals surface area (Å²) >= 11 is 8.28. The van der Waals surface area contributed by atoms with E-state index in [9.17, 15) is 4.79 Å². The first-order chi connectivity index (χ1) is 20.9. The topological polar surface area (TPSA) is 23.6 Å². The summed E-state index contributed by atoms with van der Waals surface area (Å²) < 4.78 is 0. The maximum absolute atomic E-state index is 12.3. The zero-order valence-electron chi connectivity index (χ0n) is 26.6. The molecule has 43 heavy (non-hydrogen) atoms. The van der Waals surface area contributed by atoms with Gasteiger partial charge in [-0.05, 0) is 93.7 Å². The number of hydrogen-bond donors (Lipinski definition) is 0. The summed E-state index contributed by atoms with van der Waals surface area (Å²) in [5.74, 6) is 9.89. The summed E-state index contributed by atoms with van der Waals surface area (Å²) in [5.41, 5.74) is 11.3. The Hall–Kier alpha value is -1.51. The van der Waals surface area contributed by atoms with E-state index in [0.29, 0.717) is 0 Å². The van der Waals surface area contributed by atoms with Gasteiger partial charge < -0.3 is 4.90 Å². The van der Waals surface area contributed by atoms with Crippen molar-refractivity contribution in [2.45, 2.75) is 33.7 Å². The lowest BCUT2D eigenvalue weighted by Gasteiger charge is -2.29. The van der Waals surface area contributed by atoms with Crippen LogP contribution < -0.4 is 4.90 Å². The average Bonchev–Trinajstić information content (AvgIpc) is 2.99. The summed E-state index contributed by atoms with van der Waals surface area (Å²) in [7, 11) is 4.17. The molecule has 2 aromatic carbocycles. The maximum Gasteiger partial charge on any atom is 0.178 e. The number of nitrogens with zero attached hydrogens (tertiary/aromatic N) is 2. The number of carbonyl (C=O) groups excluding carboxylic acids is 1. The van der Waals surface area contributed by atoms with Gasteiger partial charge in [0.15, 0.2) is 5.78 Å². The van der Waals surface area contributed by atoms with E-state index in [2.05, 4.69) is 105 Å². The number of fused-ring (bicyclic) bond motifs is 2. The second kappa shape index (κ2) is 17.8. The molecule has 2 aromatic rings. The third-order valence-corrected chi connectivity index (χ3v) is 12.1. The summed E-state index contributed by atoms with van der Waals surface area (Å²) in [6.45, 7) is 10.0. The fourth-order valence-corrected chi connectivity index (χ4v) is 9.24. The molecule has 0 amide bonds. The second-order valence-corrected chi connectivity index (χ2v) is 16.4. The summed E-state index contributed by atoms with van der Waals surface area (Å²) in [5, 5.41) is 0. The van der Waals surface area contributed by atoms with Crippen molar-refractivity contribution in [1.82, 2.24) is 4.90 Å². The predicted molar refractivity (Wildman–Crippen MR) is 200 cm³/mol. The van der Waals surface area contributed by atoms with Crippen molar-refractivity contribution in [3.63, 3.8) is 0 Å². The van der Waals surface area contributed by atoms with Gasteiger partial charge in [0.2, 0.25) is 0 Å². The lowest BCUT2D eigenvalue weighted by atomic mass is 9.76. The summed E-state index contributed by atoms with van der Waals surface area (Å²) in [6.07, 6.45) is 6.39. The smallest absolute Gasteiger partial charge is 0.178 e. The molecular formula is C36H48N2OS4. The van der Waals surface area contributed by atoms with Crippen LogP contribution in [0.15, 0.2) is 65.8 Å². The van der Waals surface area contributed by atoms with Crippen LogP contribution in [0.5, 0.6) is 0 Å². The monoisotopic (exact) mass is 652 g/mol. The average molecular weight is 653 g/mol. The van der Waals surface area contributed by atoms with E-state index >= 15 is 0 Å². The fourth-order valence-electron chi connectivity index (χ4n) is 5.60. The van der Waals surface area contributed by atoms with Gasteiger partial charge in [-0.1, -0.05) is 44.2 Å². The number of rotatable bonds is 18. The second-order valence-electron chi connectivity index (χ2n) is 11.2. The van der Waals surface area contributed by atoms with E-state index in [1.165, 1.54) is 90.7 Å². The lowest BCUT2D eigenvalue weighted by molar-refractivity contribution is -0.110. The molecule has 0 spiro atoms. The number of benzene rings is 2. The third-order valence-electron chi connectivity index (χ3n) is 7.82.